The molecule has 27 heavy (non-hydrogen) atoms. The van der Waals surface area contributed by atoms with Crippen molar-refractivity contribution in [2.75, 3.05) is 38.8 Å². The molecule has 5 heteroatoms. The first-order valence-electron chi connectivity index (χ1n) is 9.45. The van der Waals surface area contributed by atoms with E-state index in [1.54, 1.807) is 0 Å². The molecular weight excluding hydrogens is 342 g/mol. The third-order valence-corrected chi connectivity index (χ3v) is 5.19. The Morgan fingerprint density at radius 1 is 1.07 bits per heavy atom. The third-order valence-electron chi connectivity index (χ3n) is 5.19. The molecule has 2 aromatic carbocycles. The van der Waals surface area contributed by atoms with Gasteiger partial charge >= 0.3 is 0 Å². The Kier molecular flexibility index (Phi) is 4.68. The first kappa shape index (κ1) is 17.7. The van der Waals surface area contributed by atoms with E-state index in [4.69, 9.17) is 14.2 Å². The Morgan fingerprint density at radius 2 is 1.81 bits per heavy atom. The number of Topliss-reactive ketones (excluding diaryl/α,β-unsaturated/α-hetero) is 1. The highest BCUT2D eigenvalue weighted by Crippen LogP contribution is 2.44. The summed E-state index contributed by atoms with van der Waals surface area (Å²) in [4.78, 5) is 14.6. The van der Waals surface area contributed by atoms with Crippen molar-refractivity contribution in [3.8, 4) is 17.2 Å². The van der Waals surface area contributed by atoms with Crippen LogP contribution in [0.4, 0.5) is 5.69 Å². The molecule has 0 amide bonds. The molecule has 0 radical (unpaired) electrons. The van der Waals surface area contributed by atoms with Gasteiger partial charge in [0.2, 0.25) is 0 Å². The zero-order chi connectivity index (χ0) is 19.0. The highest BCUT2D eigenvalue weighted by molar-refractivity contribution is 5.85. The van der Waals surface area contributed by atoms with Crippen LogP contribution < -0.4 is 19.1 Å². The number of ketones is 1. The smallest absolute Gasteiger partial charge is 0.161 e. The van der Waals surface area contributed by atoms with Gasteiger partial charge in [0.05, 0.1) is 6.61 Å². The molecular formula is C22H25NO4. The number of anilines is 1. The fourth-order valence-corrected chi connectivity index (χ4v) is 3.89. The van der Waals surface area contributed by atoms with Crippen molar-refractivity contribution in [1.29, 1.82) is 0 Å². The van der Waals surface area contributed by atoms with Crippen molar-refractivity contribution in [2.45, 2.75) is 25.7 Å². The number of nitrogens with zero attached hydrogens (tertiary/aromatic N) is 1. The standard InChI is InChI=1S/C22H25NO4/c1-4-25-20-11-15(23(2)3)5-6-17(20)19-12-16(24)9-14-10-21-22(13-18(14)19)27-8-7-26-21/h5-6,10-11,13,19H,4,7-9,12H2,1-3H3. The lowest BCUT2D eigenvalue weighted by atomic mass is 9.77. The molecule has 0 fully saturated rings. The van der Waals surface area contributed by atoms with Gasteiger partial charge in [-0.15, -0.1) is 0 Å². The van der Waals surface area contributed by atoms with E-state index in [-0.39, 0.29) is 11.7 Å². The lowest BCUT2D eigenvalue weighted by Gasteiger charge is -2.29. The van der Waals surface area contributed by atoms with Crippen molar-refractivity contribution >= 4 is 11.5 Å². The van der Waals surface area contributed by atoms with Gasteiger partial charge in [-0.1, -0.05) is 6.07 Å². The average molecular weight is 367 g/mol. The number of hydrogen-bond acceptors (Lipinski definition) is 5. The summed E-state index contributed by atoms with van der Waals surface area (Å²) in [5.74, 6) is 2.55. The van der Waals surface area contributed by atoms with E-state index in [2.05, 4.69) is 24.3 Å². The van der Waals surface area contributed by atoms with Crippen molar-refractivity contribution in [3.63, 3.8) is 0 Å². The van der Waals surface area contributed by atoms with Crippen LogP contribution in [0.2, 0.25) is 0 Å². The Labute approximate surface area is 159 Å². The van der Waals surface area contributed by atoms with Gasteiger partial charge in [0.25, 0.3) is 0 Å². The van der Waals surface area contributed by atoms with E-state index in [9.17, 15) is 4.79 Å². The largest absolute Gasteiger partial charge is 0.493 e. The van der Waals surface area contributed by atoms with Gasteiger partial charge in [-0.05, 0) is 36.2 Å². The zero-order valence-corrected chi connectivity index (χ0v) is 16.1. The first-order chi connectivity index (χ1) is 13.1. The maximum absolute atomic E-state index is 12.5. The third kappa shape index (κ3) is 3.34. The molecule has 0 N–H and O–H groups in total. The summed E-state index contributed by atoms with van der Waals surface area (Å²) in [6.07, 6.45) is 0.927. The Morgan fingerprint density at radius 3 is 2.52 bits per heavy atom. The minimum Gasteiger partial charge on any atom is -0.493 e. The summed E-state index contributed by atoms with van der Waals surface area (Å²) < 4.78 is 17.4. The van der Waals surface area contributed by atoms with Crippen LogP contribution in [0.3, 0.4) is 0 Å². The molecule has 0 aromatic heterocycles. The van der Waals surface area contributed by atoms with Gasteiger partial charge in [0.1, 0.15) is 24.7 Å². The molecule has 1 atom stereocenters. The highest BCUT2D eigenvalue weighted by Gasteiger charge is 2.31. The molecule has 1 aliphatic carbocycles. The Balaban J connectivity index is 1.82. The second-order valence-corrected chi connectivity index (χ2v) is 7.22. The predicted molar refractivity (Wildman–Crippen MR) is 105 cm³/mol. The maximum atomic E-state index is 12.5. The van der Waals surface area contributed by atoms with Crippen molar-refractivity contribution < 1.29 is 19.0 Å². The summed E-state index contributed by atoms with van der Waals surface area (Å²) in [5, 5.41) is 0. The normalized spacial score (nSPS) is 18.0. The monoisotopic (exact) mass is 367 g/mol. The second kappa shape index (κ2) is 7.14. The summed E-state index contributed by atoms with van der Waals surface area (Å²) in [7, 11) is 4.02. The van der Waals surface area contributed by atoms with Gasteiger partial charge in [-0.3, -0.25) is 4.79 Å². The van der Waals surface area contributed by atoms with Crippen molar-refractivity contribution in [1.82, 2.24) is 0 Å². The molecule has 0 saturated heterocycles. The Hall–Kier alpha value is -2.69. The van der Waals surface area contributed by atoms with E-state index >= 15 is 0 Å². The van der Waals surface area contributed by atoms with Gasteiger partial charge in [0.15, 0.2) is 11.5 Å². The number of benzene rings is 2. The topological polar surface area (TPSA) is 48.0 Å². The van der Waals surface area contributed by atoms with Crippen LogP contribution >= 0.6 is 0 Å². The number of carbonyl (C=O) groups is 1. The Bertz CT molecular complexity index is 875. The molecule has 2 aromatic rings. The van der Waals surface area contributed by atoms with Crippen LogP contribution in [0.25, 0.3) is 0 Å². The maximum Gasteiger partial charge on any atom is 0.161 e. The number of ether oxygens (including phenoxy) is 3. The lowest BCUT2D eigenvalue weighted by Crippen LogP contribution is -2.22. The average Bonchev–Trinajstić information content (AvgIpc) is 2.66. The summed E-state index contributed by atoms with van der Waals surface area (Å²) in [6, 6.07) is 10.2. The zero-order valence-electron chi connectivity index (χ0n) is 16.1. The molecule has 0 bridgehead atoms. The van der Waals surface area contributed by atoms with Gasteiger partial charge in [-0.2, -0.15) is 0 Å². The number of carbonyl (C=O) groups excluding carboxylic acids is 1. The number of rotatable bonds is 4. The van der Waals surface area contributed by atoms with Crippen LogP contribution in [0.5, 0.6) is 17.2 Å². The van der Waals surface area contributed by atoms with Gasteiger partial charge < -0.3 is 19.1 Å². The molecule has 4 rings (SSSR count). The minimum absolute atomic E-state index is 0.0326. The van der Waals surface area contributed by atoms with E-state index in [0.29, 0.717) is 32.7 Å². The molecule has 0 saturated carbocycles. The fraction of sp³-hybridized carbons (Fsp3) is 0.409. The predicted octanol–water partition coefficient (Wildman–Crippen LogP) is 3.57. The molecule has 1 heterocycles. The number of fused-ring (bicyclic) bond motifs is 2. The van der Waals surface area contributed by atoms with Crippen LogP contribution in [0.15, 0.2) is 30.3 Å². The van der Waals surface area contributed by atoms with E-state index in [0.717, 1.165) is 39.6 Å². The SMILES string of the molecule is CCOc1cc(N(C)C)ccc1C1CC(=O)Cc2cc3c(cc21)OCCO3. The highest BCUT2D eigenvalue weighted by atomic mass is 16.6. The van der Waals surface area contributed by atoms with Crippen LogP contribution in [0, 0.1) is 0 Å². The molecule has 1 aliphatic heterocycles. The van der Waals surface area contributed by atoms with Gasteiger partial charge in [0, 0.05) is 50.2 Å². The van der Waals surface area contributed by atoms with Crippen molar-refractivity contribution in [3.05, 3.63) is 47.0 Å². The minimum atomic E-state index is -0.0326. The number of hydrogen-bond donors (Lipinski definition) is 0. The summed E-state index contributed by atoms with van der Waals surface area (Å²) in [5.41, 5.74) is 4.29. The first-order valence-corrected chi connectivity index (χ1v) is 9.45. The molecule has 5 nitrogen and oxygen atoms in total. The quantitative estimate of drug-likeness (QED) is 0.827. The lowest BCUT2D eigenvalue weighted by molar-refractivity contribution is -0.119. The summed E-state index contributed by atoms with van der Waals surface area (Å²) in [6.45, 7) is 3.66. The van der Waals surface area contributed by atoms with E-state index in [1.807, 2.05) is 32.0 Å². The fourth-order valence-electron chi connectivity index (χ4n) is 3.89. The van der Waals surface area contributed by atoms with Crippen LogP contribution in [-0.2, 0) is 11.2 Å². The summed E-state index contributed by atoms with van der Waals surface area (Å²) >= 11 is 0. The van der Waals surface area contributed by atoms with E-state index in [1.165, 1.54) is 0 Å². The molecule has 0 spiro atoms. The second-order valence-electron chi connectivity index (χ2n) is 7.22. The van der Waals surface area contributed by atoms with Crippen molar-refractivity contribution in [2.24, 2.45) is 0 Å². The molecule has 1 unspecified atom stereocenters. The molecule has 2 aliphatic rings. The molecule has 142 valence electrons. The van der Waals surface area contributed by atoms with Gasteiger partial charge in [-0.25, -0.2) is 0 Å². The van der Waals surface area contributed by atoms with Crippen LogP contribution in [0.1, 0.15) is 36.0 Å². The van der Waals surface area contributed by atoms with Crippen LogP contribution in [-0.4, -0.2) is 39.7 Å². The van der Waals surface area contributed by atoms with E-state index < -0.39 is 0 Å².